The molecule has 2 aromatic carbocycles. The molecule has 1 N–H and O–H groups in total. The molecule has 20 heavy (non-hydrogen) atoms. The van der Waals surface area contributed by atoms with E-state index in [9.17, 15) is 17.9 Å². The average Bonchev–Trinajstić information content (AvgIpc) is 2.38. The van der Waals surface area contributed by atoms with Crippen LogP contribution >= 0.6 is 0 Å². The van der Waals surface area contributed by atoms with E-state index in [1.165, 1.54) is 24.3 Å². The van der Waals surface area contributed by atoms with Crippen LogP contribution in [0.3, 0.4) is 0 Å². The Morgan fingerprint density at radius 1 is 1.15 bits per heavy atom. The zero-order valence-corrected chi connectivity index (χ0v) is 11.8. The minimum atomic E-state index is -3.31. The summed E-state index contributed by atoms with van der Waals surface area (Å²) in [6, 6.07) is 12.1. The van der Waals surface area contributed by atoms with Crippen LogP contribution < -0.4 is 0 Å². The topological polar surface area (TPSA) is 54.4 Å². The third-order valence-corrected chi connectivity index (χ3v) is 4.10. The standard InChI is InChI=1S/C15H15FO3S/c1-20(18,19)14-7-3-5-12(10-14)15(17)9-11-4-2-6-13(16)8-11/h2-8,10,15,17H,9H2,1H3. The lowest BCUT2D eigenvalue weighted by Gasteiger charge is -2.12. The molecule has 0 fully saturated rings. The van der Waals surface area contributed by atoms with E-state index in [0.29, 0.717) is 11.1 Å². The van der Waals surface area contributed by atoms with Gasteiger partial charge in [0.15, 0.2) is 9.84 Å². The van der Waals surface area contributed by atoms with Crippen molar-refractivity contribution >= 4 is 9.84 Å². The van der Waals surface area contributed by atoms with Gasteiger partial charge < -0.3 is 5.11 Å². The molecule has 1 unspecified atom stereocenters. The molecule has 0 aliphatic rings. The van der Waals surface area contributed by atoms with Crippen molar-refractivity contribution in [2.75, 3.05) is 6.26 Å². The van der Waals surface area contributed by atoms with Gasteiger partial charge in [0.05, 0.1) is 11.0 Å². The van der Waals surface area contributed by atoms with Crippen LogP contribution in [0.15, 0.2) is 53.4 Å². The molecule has 0 amide bonds. The third-order valence-electron chi connectivity index (χ3n) is 2.99. The van der Waals surface area contributed by atoms with Crippen molar-refractivity contribution in [2.45, 2.75) is 17.4 Å². The van der Waals surface area contributed by atoms with Crippen LogP contribution in [0.4, 0.5) is 4.39 Å². The summed E-state index contributed by atoms with van der Waals surface area (Å²) in [5, 5.41) is 10.1. The van der Waals surface area contributed by atoms with Gasteiger partial charge in [-0.2, -0.15) is 0 Å². The number of hydrogen-bond acceptors (Lipinski definition) is 3. The van der Waals surface area contributed by atoms with E-state index >= 15 is 0 Å². The Balaban J connectivity index is 2.23. The Morgan fingerprint density at radius 2 is 1.85 bits per heavy atom. The largest absolute Gasteiger partial charge is 0.388 e. The average molecular weight is 294 g/mol. The zero-order chi connectivity index (χ0) is 14.8. The van der Waals surface area contributed by atoms with E-state index < -0.39 is 15.9 Å². The summed E-state index contributed by atoms with van der Waals surface area (Å²) in [5.74, 6) is -0.361. The van der Waals surface area contributed by atoms with Gasteiger partial charge in [-0.3, -0.25) is 0 Å². The minimum absolute atomic E-state index is 0.160. The monoisotopic (exact) mass is 294 g/mol. The van der Waals surface area contributed by atoms with Gasteiger partial charge in [0.2, 0.25) is 0 Å². The molecular formula is C15H15FO3S. The number of benzene rings is 2. The predicted octanol–water partition coefficient (Wildman–Crippen LogP) is 2.51. The molecule has 5 heteroatoms. The van der Waals surface area contributed by atoms with E-state index in [1.54, 1.807) is 24.3 Å². The summed E-state index contributed by atoms with van der Waals surface area (Å²) in [4.78, 5) is 0.160. The SMILES string of the molecule is CS(=O)(=O)c1cccc(C(O)Cc2cccc(F)c2)c1. The highest BCUT2D eigenvalue weighted by Gasteiger charge is 2.13. The first-order valence-corrected chi connectivity index (χ1v) is 7.98. The second-order valence-electron chi connectivity index (χ2n) is 4.69. The molecule has 106 valence electrons. The maximum Gasteiger partial charge on any atom is 0.175 e. The van der Waals surface area contributed by atoms with Gasteiger partial charge in [-0.05, 0) is 35.4 Å². The summed E-state index contributed by atoms with van der Waals surface area (Å²) < 4.78 is 36.0. The number of rotatable bonds is 4. The normalized spacial score (nSPS) is 13.2. The molecule has 2 aromatic rings. The molecule has 0 aliphatic carbocycles. The smallest absolute Gasteiger partial charge is 0.175 e. The molecule has 3 nitrogen and oxygen atoms in total. The molecule has 0 saturated carbocycles. The molecule has 2 rings (SSSR count). The van der Waals surface area contributed by atoms with E-state index in [1.807, 2.05) is 0 Å². The van der Waals surface area contributed by atoms with Crippen molar-refractivity contribution < 1.29 is 17.9 Å². The minimum Gasteiger partial charge on any atom is -0.388 e. The Kier molecular flexibility index (Phi) is 4.20. The molecule has 1 atom stereocenters. The van der Waals surface area contributed by atoms with Crippen molar-refractivity contribution in [3.8, 4) is 0 Å². The summed E-state index contributed by atoms with van der Waals surface area (Å²) in [7, 11) is -3.31. The van der Waals surface area contributed by atoms with Crippen molar-refractivity contribution in [1.82, 2.24) is 0 Å². The van der Waals surface area contributed by atoms with Crippen LogP contribution in [0.1, 0.15) is 17.2 Å². The van der Waals surface area contributed by atoms with E-state index in [0.717, 1.165) is 6.26 Å². The number of halogens is 1. The van der Waals surface area contributed by atoms with Gasteiger partial charge >= 0.3 is 0 Å². The number of hydrogen-bond donors (Lipinski definition) is 1. The Labute approximate surface area is 117 Å². The fourth-order valence-electron chi connectivity index (χ4n) is 1.96. The van der Waals surface area contributed by atoms with Crippen LogP contribution in [0.2, 0.25) is 0 Å². The number of aliphatic hydroxyl groups is 1. The van der Waals surface area contributed by atoms with Crippen molar-refractivity contribution in [3.63, 3.8) is 0 Å². The Morgan fingerprint density at radius 3 is 2.50 bits per heavy atom. The first-order valence-electron chi connectivity index (χ1n) is 6.09. The first-order chi connectivity index (χ1) is 9.36. The van der Waals surface area contributed by atoms with Crippen molar-refractivity contribution in [3.05, 3.63) is 65.5 Å². The summed E-state index contributed by atoms with van der Waals surface area (Å²) in [5.41, 5.74) is 1.15. The Hall–Kier alpha value is -1.72. The second kappa shape index (κ2) is 5.73. The maximum atomic E-state index is 13.1. The highest BCUT2D eigenvalue weighted by atomic mass is 32.2. The van der Waals surface area contributed by atoms with Gasteiger partial charge in [-0.15, -0.1) is 0 Å². The molecule has 0 aromatic heterocycles. The number of sulfone groups is 1. The molecule has 0 radical (unpaired) electrons. The summed E-state index contributed by atoms with van der Waals surface area (Å²) in [6.45, 7) is 0. The van der Waals surface area contributed by atoms with Gasteiger partial charge in [-0.25, -0.2) is 12.8 Å². The predicted molar refractivity (Wildman–Crippen MR) is 74.6 cm³/mol. The second-order valence-corrected chi connectivity index (χ2v) is 6.71. The molecule has 0 bridgehead atoms. The fourth-order valence-corrected chi connectivity index (χ4v) is 2.63. The van der Waals surface area contributed by atoms with Crippen LogP contribution in [0.25, 0.3) is 0 Å². The lowest BCUT2D eigenvalue weighted by atomic mass is 10.0. The van der Waals surface area contributed by atoms with Gasteiger partial charge in [0, 0.05) is 12.7 Å². The third kappa shape index (κ3) is 3.65. The van der Waals surface area contributed by atoms with Crippen molar-refractivity contribution in [1.29, 1.82) is 0 Å². The lowest BCUT2D eigenvalue weighted by Crippen LogP contribution is -2.04. The fraction of sp³-hybridized carbons (Fsp3) is 0.200. The molecule has 0 aliphatic heterocycles. The zero-order valence-electron chi connectivity index (χ0n) is 11.0. The van der Waals surface area contributed by atoms with Crippen molar-refractivity contribution in [2.24, 2.45) is 0 Å². The highest BCUT2D eigenvalue weighted by Crippen LogP contribution is 2.21. The van der Waals surface area contributed by atoms with Crippen LogP contribution in [-0.4, -0.2) is 19.8 Å². The highest BCUT2D eigenvalue weighted by molar-refractivity contribution is 7.90. The van der Waals surface area contributed by atoms with Gasteiger partial charge in [0.25, 0.3) is 0 Å². The Bertz CT molecular complexity index is 711. The van der Waals surface area contributed by atoms with Crippen LogP contribution in [0, 0.1) is 5.82 Å². The quantitative estimate of drug-likeness (QED) is 0.942. The molecule has 0 heterocycles. The van der Waals surface area contributed by atoms with Crippen LogP contribution in [0.5, 0.6) is 0 Å². The van der Waals surface area contributed by atoms with Gasteiger partial charge in [-0.1, -0.05) is 24.3 Å². The summed E-state index contributed by atoms with van der Waals surface area (Å²) in [6.07, 6.45) is 0.467. The summed E-state index contributed by atoms with van der Waals surface area (Å²) >= 11 is 0. The molecule has 0 spiro atoms. The van der Waals surface area contributed by atoms with E-state index in [2.05, 4.69) is 0 Å². The van der Waals surface area contributed by atoms with E-state index in [4.69, 9.17) is 0 Å². The van der Waals surface area contributed by atoms with Gasteiger partial charge in [0.1, 0.15) is 5.82 Å². The maximum absolute atomic E-state index is 13.1. The molecule has 0 saturated heterocycles. The lowest BCUT2D eigenvalue weighted by molar-refractivity contribution is 0.178. The number of aliphatic hydroxyl groups excluding tert-OH is 1. The molecular weight excluding hydrogens is 279 g/mol. The van der Waals surface area contributed by atoms with E-state index in [-0.39, 0.29) is 17.1 Å². The first kappa shape index (κ1) is 14.7. The van der Waals surface area contributed by atoms with Crippen LogP contribution in [-0.2, 0) is 16.3 Å².